The first-order chi connectivity index (χ1) is 9.09. The number of amides is 3. The van der Waals surface area contributed by atoms with Gasteiger partial charge < -0.3 is 5.32 Å². The molecule has 2 rings (SSSR count). The molecule has 1 saturated heterocycles. The van der Waals surface area contributed by atoms with Crippen LogP contribution in [0, 0.1) is 5.92 Å². The van der Waals surface area contributed by atoms with Gasteiger partial charge in [-0.1, -0.05) is 26.2 Å². The van der Waals surface area contributed by atoms with E-state index in [9.17, 15) is 9.59 Å². The van der Waals surface area contributed by atoms with Crippen LogP contribution in [0.3, 0.4) is 0 Å². The van der Waals surface area contributed by atoms with E-state index in [1.807, 2.05) is 0 Å². The highest BCUT2D eigenvalue weighted by Gasteiger charge is 2.50. The van der Waals surface area contributed by atoms with Gasteiger partial charge in [-0.25, -0.2) is 4.79 Å². The van der Waals surface area contributed by atoms with Crippen LogP contribution in [-0.2, 0) is 4.79 Å². The Morgan fingerprint density at radius 3 is 2.58 bits per heavy atom. The number of rotatable bonds is 5. The second kappa shape index (κ2) is 6.16. The van der Waals surface area contributed by atoms with Gasteiger partial charge in [0, 0.05) is 6.54 Å². The molecule has 0 radical (unpaired) electrons. The lowest BCUT2D eigenvalue weighted by atomic mass is 9.82. The molecule has 1 spiro atoms. The number of hydrogen-bond donors (Lipinski definition) is 2. The zero-order valence-electron chi connectivity index (χ0n) is 11.7. The van der Waals surface area contributed by atoms with Gasteiger partial charge in [-0.05, 0) is 37.4 Å². The van der Waals surface area contributed by atoms with Crippen molar-refractivity contribution in [3.63, 3.8) is 0 Å². The average Bonchev–Trinajstić information content (AvgIpc) is 2.60. The molecule has 108 valence electrons. The zero-order valence-corrected chi connectivity index (χ0v) is 12.5. The van der Waals surface area contributed by atoms with Gasteiger partial charge in [-0.3, -0.25) is 9.69 Å². The highest BCUT2D eigenvalue weighted by molar-refractivity contribution is 7.80. The quantitative estimate of drug-likeness (QED) is 0.602. The van der Waals surface area contributed by atoms with Gasteiger partial charge >= 0.3 is 6.03 Å². The third-order valence-corrected chi connectivity index (χ3v) is 4.68. The van der Waals surface area contributed by atoms with Crippen molar-refractivity contribution >= 4 is 24.6 Å². The van der Waals surface area contributed by atoms with Crippen LogP contribution in [0.25, 0.3) is 0 Å². The molecule has 0 bridgehead atoms. The molecule has 3 amide bonds. The Morgan fingerprint density at radius 1 is 1.26 bits per heavy atom. The summed E-state index contributed by atoms with van der Waals surface area (Å²) in [6.07, 6.45) is 6.75. The first-order valence-electron chi connectivity index (χ1n) is 7.34. The molecule has 0 aromatic carbocycles. The lowest BCUT2D eigenvalue weighted by molar-refractivity contribution is -0.132. The molecule has 1 N–H and O–H groups in total. The van der Waals surface area contributed by atoms with Crippen LogP contribution >= 0.6 is 12.6 Å². The van der Waals surface area contributed by atoms with Crippen LogP contribution in [0.4, 0.5) is 4.79 Å². The van der Waals surface area contributed by atoms with Crippen LogP contribution < -0.4 is 5.32 Å². The SMILES string of the molecule is CC(CCS)CCN1C(=O)NC2(CCCCC2)C1=O. The number of nitrogens with zero attached hydrogens (tertiary/aromatic N) is 1. The van der Waals surface area contributed by atoms with Crippen LogP contribution in [0.5, 0.6) is 0 Å². The number of urea groups is 1. The van der Waals surface area contributed by atoms with E-state index < -0.39 is 5.54 Å². The average molecular weight is 284 g/mol. The molecule has 1 atom stereocenters. The largest absolute Gasteiger partial charge is 0.325 e. The summed E-state index contributed by atoms with van der Waals surface area (Å²) in [4.78, 5) is 25.9. The summed E-state index contributed by atoms with van der Waals surface area (Å²) in [5.41, 5.74) is -0.567. The van der Waals surface area contributed by atoms with Gasteiger partial charge in [-0.2, -0.15) is 12.6 Å². The number of hydrogen-bond acceptors (Lipinski definition) is 3. The predicted octanol–water partition coefficient (Wildman–Crippen LogP) is 2.59. The normalized spacial score (nSPS) is 23.8. The van der Waals surface area contributed by atoms with E-state index in [0.29, 0.717) is 12.5 Å². The minimum absolute atomic E-state index is 0.00951. The summed E-state index contributed by atoms with van der Waals surface area (Å²) in [5, 5.41) is 2.95. The van der Waals surface area contributed by atoms with Crippen molar-refractivity contribution in [2.45, 2.75) is 57.4 Å². The number of carbonyl (C=O) groups excluding carboxylic acids is 2. The molecule has 4 nitrogen and oxygen atoms in total. The fraction of sp³-hybridized carbons (Fsp3) is 0.857. The Balaban J connectivity index is 1.94. The minimum atomic E-state index is -0.567. The Labute approximate surface area is 120 Å². The summed E-state index contributed by atoms with van der Waals surface area (Å²) in [5.74, 6) is 1.36. The lowest BCUT2D eigenvalue weighted by Crippen LogP contribution is -2.48. The Bertz CT molecular complexity index is 353. The molecule has 5 heteroatoms. The molecule has 2 fully saturated rings. The van der Waals surface area contributed by atoms with Gasteiger partial charge in [-0.15, -0.1) is 0 Å². The van der Waals surface area contributed by atoms with Crippen molar-refractivity contribution in [3.05, 3.63) is 0 Å². The van der Waals surface area contributed by atoms with Crippen LogP contribution in [-0.4, -0.2) is 34.7 Å². The molecule has 1 saturated carbocycles. The standard InChI is InChI=1S/C14H24N2O2S/c1-11(6-10-19)5-9-16-12(17)14(15-13(16)18)7-3-2-4-8-14/h11,19H,2-10H2,1H3,(H,15,18). The van der Waals surface area contributed by atoms with Crippen molar-refractivity contribution in [2.24, 2.45) is 5.92 Å². The van der Waals surface area contributed by atoms with Gasteiger partial charge in [0.05, 0.1) is 0 Å². The summed E-state index contributed by atoms with van der Waals surface area (Å²) in [6.45, 7) is 2.69. The molecular formula is C14H24N2O2S. The first kappa shape index (κ1) is 14.7. The molecule has 1 aliphatic heterocycles. The number of nitrogens with one attached hydrogen (secondary N) is 1. The molecule has 0 aromatic heterocycles. The van der Waals surface area contributed by atoms with Gasteiger partial charge in [0.25, 0.3) is 5.91 Å². The maximum absolute atomic E-state index is 12.5. The minimum Gasteiger partial charge on any atom is -0.323 e. The number of imide groups is 1. The lowest BCUT2D eigenvalue weighted by Gasteiger charge is -2.30. The van der Waals surface area contributed by atoms with Gasteiger partial charge in [0.2, 0.25) is 0 Å². The summed E-state index contributed by atoms with van der Waals surface area (Å²) >= 11 is 4.22. The summed E-state index contributed by atoms with van der Waals surface area (Å²) in [7, 11) is 0. The molecule has 0 aromatic rings. The molecule has 1 aliphatic carbocycles. The summed E-state index contributed by atoms with van der Waals surface area (Å²) < 4.78 is 0. The smallest absolute Gasteiger partial charge is 0.323 e. The van der Waals surface area contributed by atoms with Crippen molar-refractivity contribution in [2.75, 3.05) is 12.3 Å². The van der Waals surface area contributed by atoms with E-state index in [1.54, 1.807) is 0 Å². The monoisotopic (exact) mass is 284 g/mol. The van der Waals surface area contributed by atoms with Crippen LogP contribution in [0.1, 0.15) is 51.9 Å². The Hall–Kier alpha value is -0.710. The Morgan fingerprint density at radius 2 is 1.95 bits per heavy atom. The van der Waals surface area contributed by atoms with E-state index in [2.05, 4.69) is 24.9 Å². The highest BCUT2D eigenvalue weighted by atomic mass is 32.1. The Kier molecular flexibility index (Phi) is 4.76. The van der Waals surface area contributed by atoms with Crippen molar-refractivity contribution < 1.29 is 9.59 Å². The molecule has 19 heavy (non-hydrogen) atoms. The van der Waals surface area contributed by atoms with Crippen LogP contribution in [0.2, 0.25) is 0 Å². The van der Waals surface area contributed by atoms with Gasteiger partial charge in [0.1, 0.15) is 5.54 Å². The highest BCUT2D eigenvalue weighted by Crippen LogP contribution is 2.33. The molecular weight excluding hydrogens is 260 g/mol. The van der Waals surface area contributed by atoms with E-state index in [4.69, 9.17) is 0 Å². The summed E-state index contributed by atoms with van der Waals surface area (Å²) in [6, 6.07) is -0.190. The van der Waals surface area contributed by atoms with Crippen molar-refractivity contribution in [3.8, 4) is 0 Å². The third kappa shape index (κ3) is 3.07. The fourth-order valence-corrected chi connectivity index (χ4v) is 3.53. The maximum atomic E-state index is 12.5. The van der Waals surface area contributed by atoms with Crippen LogP contribution in [0.15, 0.2) is 0 Å². The number of carbonyl (C=O) groups is 2. The second-order valence-electron chi connectivity index (χ2n) is 5.94. The molecule has 2 aliphatic rings. The van der Waals surface area contributed by atoms with E-state index in [-0.39, 0.29) is 11.9 Å². The predicted molar refractivity (Wildman–Crippen MR) is 78.3 cm³/mol. The van der Waals surface area contributed by atoms with Crippen molar-refractivity contribution in [1.29, 1.82) is 0 Å². The van der Waals surface area contributed by atoms with E-state index >= 15 is 0 Å². The van der Waals surface area contributed by atoms with E-state index in [1.165, 1.54) is 11.3 Å². The second-order valence-corrected chi connectivity index (χ2v) is 6.38. The third-order valence-electron chi connectivity index (χ3n) is 4.42. The maximum Gasteiger partial charge on any atom is 0.325 e. The fourth-order valence-electron chi connectivity index (χ4n) is 3.09. The molecule has 1 unspecified atom stereocenters. The van der Waals surface area contributed by atoms with Crippen molar-refractivity contribution in [1.82, 2.24) is 10.2 Å². The zero-order chi connectivity index (χ0) is 13.9. The number of thiol groups is 1. The molecule has 1 heterocycles. The topological polar surface area (TPSA) is 49.4 Å². The van der Waals surface area contributed by atoms with Gasteiger partial charge in [0.15, 0.2) is 0 Å². The first-order valence-corrected chi connectivity index (χ1v) is 7.97. The van der Waals surface area contributed by atoms with E-state index in [0.717, 1.165) is 44.3 Å².